The number of hydrogen-bond acceptors (Lipinski definition) is 4. The normalized spacial score (nSPS) is 18.4. The number of hydrogen-bond donors (Lipinski definition) is 1. The molecular formula is C11H20N4O. The Morgan fingerprint density at radius 3 is 3.06 bits per heavy atom. The van der Waals surface area contributed by atoms with Gasteiger partial charge in [-0.15, -0.1) is 0 Å². The molecule has 1 aromatic heterocycles. The quantitative estimate of drug-likeness (QED) is 0.793. The zero-order valence-electron chi connectivity index (χ0n) is 10.0. The number of ether oxygens (including phenoxy) is 1. The van der Waals surface area contributed by atoms with Crippen LogP contribution in [0.25, 0.3) is 0 Å². The summed E-state index contributed by atoms with van der Waals surface area (Å²) >= 11 is 0. The van der Waals surface area contributed by atoms with E-state index in [0.717, 1.165) is 31.8 Å². The highest BCUT2D eigenvalue weighted by atomic mass is 16.5. The summed E-state index contributed by atoms with van der Waals surface area (Å²) < 4.78 is 7.26. The molecule has 2 heterocycles. The molecule has 5 heteroatoms. The Morgan fingerprint density at radius 1 is 1.56 bits per heavy atom. The van der Waals surface area contributed by atoms with Crippen molar-refractivity contribution >= 4 is 0 Å². The van der Waals surface area contributed by atoms with E-state index in [9.17, 15) is 0 Å². The average molecular weight is 224 g/mol. The van der Waals surface area contributed by atoms with Gasteiger partial charge in [-0.2, -0.15) is 5.10 Å². The van der Waals surface area contributed by atoms with Gasteiger partial charge in [0.15, 0.2) is 0 Å². The van der Waals surface area contributed by atoms with Crippen LogP contribution in [0.4, 0.5) is 0 Å². The van der Waals surface area contributed by atoms with Crippen LogP contribution in [0.5, 0.6) is 0 Å². The van der Waals surface area contributed by atoms with Gasteiger partial charge in [-0.1, -0.05) is 0 Å². The van der Waals surface area contributed by atoms with Crippen molar-refractivity contribution in [3.63, 3.8) is 0 Å². The van der Waals surface area contributed by atoms with E-state index in [-0.39, 0.29) is 0 Å². The summed E-state index contributed by atoms with van der Waals surface area (Å²) in [7, 11) is 1.75. The molecule has 2 rings (SSSR count). The van der Waals surface area contributed by atoms with Crippen molar-refractivity contribution in [3.8, 4) is 0 Å². The Balaban J connectivity index is 2.09. The van der Waals surface area contributed by atoms with E-state index in [2.05, 4.69) is 21.6 Å². The predicted molar refractivity (Wildman–Crippen MR) is 61.9 cm³/mol. The predicted octanol–water partition coefficient (Wildman–Crippen LogP) is 0.192. The van der Waals surface area contributed by atoms with Gasteiger partial charge in [0.25, 0.3) is 0 Å². The molecule has 0 saturated heterocycles. The lowest BCUT2D eigenvalue weighted by Crippen LogP contribution is -2.42. The molecule has 0 aliphatic carbocycles. The fraction of sp³-hybridized carbons (Fsp3) is 0.727. The van der Waals surface area contributed by atoms with Gasteiger partial charge in [0.2, 0.25) is 0 Å². The van der Waals surface area contributed by atoms with Crippen LogP contribution in [0.3, 0.4) is 0 Å². The number of rotatable bonds is 4. The first-order chi connectivity index (χ1) is 7.76. The number of methoxy groups -OCH3 is 1. The van der Waals surface area contributed by atoms with Crippen molar-refractivity contribution in [1.82, 2.24) is 14.7 Å². The molecular weight excluding hydrogens is 204 g/mol. The maximum absolute atomic E-state index is 5.70. The molecule has 1 aliphatic heterocycles. The van der Waals surface area contributed by atoms with Crippen LogP contribution >= 0.6 is 0 Å². The lowest BCUT2D eigenvalue weighted by Gasteiger charge is -2.32. The van der Waals surface area contributed by atoms with Gasteiger partial charge in [-0.3, -0.25) is 9.58 Å². The monoisotopic (exact) mass is 224 g/mol. The molecule has 0 saturated carbocycles. The third-order valence-corrected chi connectivity index (χ3v) is 3.24. The number of nitrogens with two attached hydrogens (primary N) is 1. The molecule has 5 nitrogen and oxygen atoms in total. The Bertz CT molecular complexity index is 336. The Morgan fingerprint density at radius 2 is 2.38 bits per heavy atom. The zero-order chi connectivity index (χ0) is 11.5. The van der Waals surface area contributed by atoms with Gasteiger partial charge in [0, 0.05) is 38.3 Å². The lowest BCUT2D eigenvalue weighted by atomic mass is 10.1. The number of aromatic nitrogens is 2. The SMILES string of the molecule is COCC(C)N1CCn2ncc(CN)c2C1. The fourth-order valence-corrected chi connectivity index (χ4v) is 2.21. The number of fused-ring (bicyclic) bond motifs is 1. The van der Waals surface area contributed by atoms with Gasteiger partial charge in [-0.05, 0) is 6.92 Å². The topological polar surface area (TPSA) is 56.3 Å². The van der Waals surface area contributed by atoms with Gasteiger partial charge in [0.1, 0.15) is 0 Å². The summed E-state index contributed by atoms with van der Waals surface area (Å²) in [5, 5.41) is 4.35. The highest BCUT2D eigenvalue weighted by molar-refractivity contribution is 5.18. The fourth-order valence-electron chi connectivity index (χ4n) is 2.21. The van der Waals surface area contributed by atoms with Crippen LogP contribution in [0.1, 0.15) is 18.2 Å². The van der Waals surface area contributed by atoms with Crippen molar-refractivity contribution in [2.45, 2.75) is 32.6 Å². The van der Waals surface area contributed by atoms with E-state index in [1.54, 1.807) is 7.11 Å². The summed E-state index contributed by atoms with van der Waals surface area (Å²) in [5.41, 5.74) is 8.12. The summed E-state index contributed by atoms with van der Waals surface area (Å²) in [6.45, 7) is 6.44. The summed E-state index contributed by atoms with van der Waals surface area (Å²) in [6, 6.07) is 0.444. The van der Waals surface area contributed by atoms with Crippen molar-refractivity contribution in [1.29, 1.82) is 0 Å². The van der Waals surface area contributed by atoms with Crippen LogP contribution in [0, 0.1) is 0 Å². The molecule has 0 aromatic carbocycles. The highest BCUT2D eigenvalue weighted by Gasteiger charge is 2.22. The van der Waals surface area contributed by atoms with Crippen LogP contribution in [-0.2, 0) is 24.4 Å². The first-order valence-corrected chi connectivity index (χ1v) is 5.73. The smallest absolute Gasteiger partial charge is 0.0615 e. The molecule has 0 amide bonds. The van der Waals surface area contributed by atoms with Crippen LogP contribution < -0.4 is 5.73 Å². The minimum absolute atomic E-state index is 0.444. The average Bonchev–Trinajstić information content (AvgIpc) is 2.71. The molecule has 0 fully saturated rings. The summed E-state index contributed by atoms with van der Waals surface area (Å²) in [4.78, 5) is 2.42. The first-order valence-electron chi connectivity index (χ1n) is 5.73. The van der Waals surface area contributed by atoms with E-state index in [0.29, 0.717) is 12.6 Å². The van der Waals surface area contributed by atoms with Gasteiger partial charge in [-0.25, -0.2) is 0 Å². The maximum atomic E-state index is 5.70. The number of nitrogens with zero attached hydrogens (tertiary/aromatic N) is 3. The molecule has 1 unspecified atom stereocenters. The van der Waals surface area contributed by atoms with Crippen molar-refractivity contribution < 1.29 is 4.74 Å². The van der Waals surface area contributed by atoms with Crippen LogP contribution in [-0.4, -0.2) is 41.0 Å². The molecule has 0 radical (unpaired) electrons. The van der Waals surface area contributed by atoms with Crippen LogP contribution in [0.2, 0.25) is 0 Å². The highest BCUT2D eigenvalue weighted by Crippen LogP contribution is 2.17. The molecule has 2 N–H and O–H groups in total. The minimum Gasteiger partial charge on any atom is -0.383 e. The zero-order valence-corrected chi connectivity index (χ0v) is 10.0. The second kappa shape index (κ2) is 4.95. The second-order valence-electron chi connectivity index (χ2n) is 4.32. The van der Waals surface area contributed by atoms with Crippen molar-refractivity contribution in [2.24, 2.45) is 5.73 Å². The van der Waals surface area contributed by atoms with Gasteiger partial charge < -0.3 is 10.5 Å². The molecule has 90 valence electrons. The van der Waals surface area contributed by atoms with E-state index < -0.39 is 0 Å². The van der Waals surface area contributed by atoms with Gasteiger partial charge >= 0.3 is 0 Å². The van der Waals surface area contributed by atoms with E-state index in [1.165, 1.54) is 5.69 Å². The van der Waals surface area contributed by atoms with Crippen LogP contribution in [0.15, 0.2) is 6.20 Å². The molecule has 1 aliphatic rings. The Hall–Kier alpha value is -0.910. The first kappa shape index (κ1) is 11.6. The molecule has 0 bridgehead atoms. The minimum atomic E-state index is 0.444. The Kier molecular flexibility index (Phi) is 3.58. The van der Waals surface area contributed by atoms with E-state index in [4.69, 9.17) is 10.5 Å². The third-order valence-electron chi connectivity index (χ3n) is 3.24. The molecule has 0 spiro atoms. The maximum Gasteiger partial charge on any atom is 0.0615 e. The molecule has 16 heavy (non-hydrogen) atoms. The van der Waals surface area contributed by atoms with Gasteiger partial charge in [0.05, 0.1) is 25.0 Å². The third kappa shape index (κ3) is 2.11. The van der Waals surface area contributed by atoms with Crippen molar-refractivity contribution in [2.75, 3.05) is 20.3 Å². The Labute approximate surface area is 96.2 Å². The molecule has 1 aromatic rings. The van der Waals surface area contributed by atoms with Crippen molar-refractivity contribution in [3.05, 3.63) is 17.5 Å². The second-order valence-corrected chi connectivity index (χ2v) is 4.32. The standard InChI is InChI=1S/C11H20N4O/c1-9(8-16-2)14-3-4-15-11(7-14)10(5-12)6-13-15/h6,9H,3-5,7-8,12H2,1-2H3. The largest absolute Gasteiger partial charge is 0.383 e. The van der Waals surface area contributed by atoms with E-state index in [1.807, 2.05) is 6.20 Å². The lowest BCUT2D eigenvalue weighted by molar-refractivity contribution is 0.0795. The summed E-state index contributed by atoms with van der Waals surface area (Å²) in [5.74, 6) is 0. The van der Waals surface area contributed by atoms with E-state index >= 15 is 0 Å². The summed E-state index contributed by atoms with van der Waals surface area (Å²) in [6.07, 6.45) is 1.89. The molecule has 1 atom stereocenters.